The van der Waals surface area contributed by atoms with Crippen molar-refractivity contribution < 1.29 is 27.5 Å². The number of ether oxygens (including phenoxy) is 1. The normalized spacial score (nSPS) is 14.4. The summed E-state index contributed by atoms with van der Waals surface area (Å²) >= 11 is 0. The van der Waals surface area contributed by atoms with Crippen molar-refractivity contribution in [2.75, 3.05) is 45.7 Å². The Kier molecular flexibility index (Phi) is 7.57. The van der Waals surface area contributed by atoms with E-state index in [1.807, 2.05) is 10.2 Å². The summed E-state index contributed by atoms with van der Waals surface area (Å²) in [4.78, 5) is 37.5. The van der Waals surface area contributed by atoms with Crippen molar-refractivity contribution >= 4 is 33.6 Å². The lowest BCUT2D eigenvalue weighted by Gasteiger charge is -2.30. The van der Waals surface area contributed by atoms with Crippen LogP contribution in [0.4, 0.5) is 10.5 Å². The molecule has 0 spiro atoms. The summed E-state index contributed by atoms with van der Waals surface area (Å²) in [7, 11) is 0.383. The lowest BCUT2D eigenvalue weighted by Crippen LogP contribution is -2.39. The first-order valence-electron chi connectivity index (χ1n) is 9.17. The lowest BCUT2D eigenvalue weighted by molar-refractivity contribution is -0.123. The summed E-state index contributed by atoms with van der Waals surface area (Å²) in [6, 6.07) is 3.58. The fraction of sp³-hybridized carbons (Fsp3) is 0.500. The molecule has 2 N–H and O–H groups in total. The average Bonchev–Trinajstić information content (AvgIpc) is 2.71. The zero-order chi connectivity index (χ0) is 21.6. The quantitative estimate of drug-likeness (QED) is 0.636. The number of urea groups is 1. The highest BCUT2D eigenvalue weighted by Crippen LogP contribution is 2.28. The first-order chi connectivity index (χ1) is 13.7. The van der Waals surface area contributed by atoms with E-state index in [-0.39, 0.29) is 10.5 Å². The van der Waals surface area contributed by atoms with Gasteiger partial charge in [0.15, 0.2) is 6.61 Å². The van der Waals surface area contributed by atoms with Gasteiger partial charge in [-0.25, -0.2) is 22.3 Å². The Bertz CT molecular complexity index is 878. The van der Waals surface area contributed by atoms with Crippen LogP contribution in [0.25, 0.3) is 0 Å². The maximum Gasteiger partial charge on any atom is 0.340 e. The Balaban J connectivity index is 2.30. The molecule has 0 atom stereocenters. The summed E-state index contributed by atoms with van der Waals surface area (Å²) in [5, 5.41) is 4.20. The monoisotopic (exact) mass is 426 g/mol. The average molecular weight is 426 g/mol. The molecule has 0 saturated carbocycles. The third kappa shape index (κ3) is 5.67. The molecule has 0 aromatic heterocycles. The lowest BCUT2D eigenvalue weighted by atomic mass is 10.1. The fourth-order valence-corrected chi connectivity index (χ4v) is 3.82. The Hall–Kier alpha value is -2.66. The van der Waals surface area contributed by atoms with Gasteiger partial charge < -0.3 is 15.0 Å². The van der Waals surface area contributed by atoms with Crippen molar-refractivity contribution in [2.45, 2.75) is 24.2 Å². The Morgan fingerprint density at radius 1 is 1.14 bits per heavy atom. The van der Waals surface area contributed by atoms with Crippen molar-refractivity contribution in [3.63, 3.8) is 0 Å². The van der Waals surface area contributed by atoms with Crippen LogP contribution in [-0.4, -0.2) is 71.5 Å². The number of esters is 1. The maximum atomic E-state index is 12.7. The molecular weight excluding hydrogens is 400 g/mol. The van der Waals surface area contributed by atoms with E-state index in [0.29, 0.717) is 5.69 Å². The van der Waals surface area contributed by atoms with Gasteiger partial charge in [-0.3, -0.25) is 10.1 Å². The molecule has 3 amide bonds. The molecule has 0 radical (unpaired) electrons. The number of hydrogen-bond acceptors (Lipinski definition) is 7. The Morgan fingerprint density at radius 2 is 1.79 bits per heavy atom. The number of piperidine rings is 1. The second-order valence-corrected chi connectivity index (χ2v) is 8.87. The van der Waals surface area contributed by atoms with E-state index < -0.39 is 34.5 Å². The van der Waals surface area contributed by atoms with Crippen LogP contribution in [0, 0.1) is 0 Å². The highest BCUT2D eigenvalue weighted by Gasteiger charge is 2.25. The number of benzene rings is 1. The van der Waals surface area contributed by atoms with E-state index in [9.17, 15) is 22.8 Å². The highest BCUT2D eigenvalue weighted by atomic mass is 32.2. The van der Waals surface area contributed by atoms with Crippen molar-refractivity contribution in [2.24, 2.45) is 0 Å². The van der Waals surface area contributed by atoms with E-state index in [0.717, 1.165) is 36.7 Å². The number of nitrogens with one attached hydrogen (secondary N) is 2. The molecule has 11 heteroatoms. The van der Waals surface area contributed by atoms with Gasteiger partial charge in [0.2, 0.25) is 10.0 Å². The molecule has 160 valence electrons. The van der Waals surface area contributed by atoms with E-state index in [2.05, 4.69) is 5.32 Å². The van der Waals surface area contributed by atoms with Crippen LogP contribution < -0.4 is 15.5 Å². The van der Waals surface area contributed by atoms with Crippen molar-refractivity contribution in [1.82, 2.24) is 14.9 Å². The van der Waals surface area contributed by atoms with Gasteiger partial charge >= 0.3 is 12.0 Å². The molecular formula is C18H26N4O6S. The number of carbonyl (C=O) groups is 3. The van der Waals surface area contributed by atoms with Gasteiger partial charge in [-0.05, 0) is 37.5 Å². The second-order valence-electron chi connectivity index (χ2n) is 6.72. The van der Waals surface area contributed by atoms with Crippen LogP contribution in [-0.2, 0) is 19.6 Å². The molecule has 1 heterocycles. The molecule has 0 bridgehead atoms. The number of imide groups is 1. The Morgan fingerprint density at radius 3 is 2.38 bits per heavy atom. The molecule has 0 unspecified atom stereocenters. The summed E-state index contributed by atoms with van der Waals surface area (Å²) in [5.74, 6) is -1.64. The second kappa shape index (κ2) is 9.70. The number of rotatable bonds is 6. The first kappa shape index (κ1) is 22.6. The van der Waals surface area contributed by atoms with Crippen molar-refractivity contribution in [3.8, 4) is 0 Å². The zero-order valence-electron chi connectivity index (χ0n) is 16.7. The summed E-state index contributed by atoms with van der Waals surface area (Å²) in [5.41, 5.74) is 0.613. The molecule has 1 aliphatic heterocycles. The van der Waals surface area contributed by atoms with E-state index in [4.69, 9.17) is 4.74 Å². The number of amides is 3. The molecule has 1 aliphatic rings. The molecule has 29 heavy (non-hydrogen) atoms. The molecule has 1 aromatic rings. The van der Waals surface area contributed by atoms with Crippen LogP contribution >= 0.6 is 0 Å². The van der Waals surface area contributed by atoms with Crippen LogP contribution in [0.1, 0.15) is 29.6 Å². The molecule has 1 saturated heterocycles. The third-order valence-corrected chi connectivity index (χ3v) is 6.29. The van der Waals surface area contributed by atoms with E-state index in [1.54, 1.807) is 6.07 Å². The smallest absolute Gasteiger partial charge is 0.340 e. The van der Waals surface area contributed by atoms with Crippen LogP contribution in [0.5, 0.6) is 0 Å². The van der Waals surface area contributed by atoms with Gasteiger partial charge in [-0.15, -0.1) is 0 Å². The summed E-state index contributed by atoms with van der Waals surface area (Å²) in [6.45, 7) is 0.796. The van der Waals surface area contributed by atoms with Gasteiger partial charge in [-0.1, -0.05) is 0 Å². The summed E-state index contributed by atoms with van der Waals surface area (Å²) in [6.07, 6.45) is 3.00. The number of carbonyl (C=O) groups excluding carboxylic acids is 3. The fourth-order valence-electron chi connectivity index (χ4n) is 2.89. The van der Waals surface area contributed by atoms with Gasteiger partial charge in [0.05, 0.1) is 16.1 Å². The number of sulfonamides is 1. The number of anilines is 1. The number of nitrogens with zero attached hydrogens (tertiary/aromatic N) is 2. The minimum absolute atomic E-state index is 0.0509. The largest absolute Gasteiger partial charge is 0.452 e. The third-order valence-electron chi connectivity index (χ3n) is 4.48. The first-order valence-corrected chi connectivity index (χ1v) is 10.6. The zero-order valence-corrected chi connectivity index (χ0v) is 17.5. The van der Waals surface area contributed by atoms with Gasteiger partial charge in [0.25, 0.3) is 5.91 Å². The van der Waals surface area contributed by atoms with Gasteiger partial charge in [-0.2, -0.15) is 0 Å². The minimum Gasteiger partial charge on any atom is -0.452 e. The van der Waals surface area contributed by atoms with E-state index >= 15 is 0 Å². The molecule has 0 aliphatic carbocycles. The van der Waals surface area contributed by atoms with Gasteiger partial charge in [0.1, 0.15) is 0 Å². The molecule has 1 aromatic carbocycles. The predicted molar refractivity (Wildman–Crippen MR) is 106 cm³/mol. The SMILES string of the molecule is CNC(=O)NC(=O)COC(=O)c1cc(S(=O)(=O)N(C)C)ccc1N1CCCCC1. The van der Waals surface area contributed by atoms with Gasteiger partial charge in [0, 0.05) is 34.2 Å². The molecule has 10 nitrogen and oxygen atoms in total. The van der Waals surface area contributed by atoms with Crippen LogP contribution in [0.2, 0.25) is 0 Å². The topological polar surface area (TPSA) is 125 Å². The minimum atomic E-state index is -3.76. The Labute approximate surface area is 170 Å². The summed E-state index contributed by atoms with van der Waals surface area (Å²) < 4.78 is 31.0. The standard InChI is InChI=1S/C18H26N4O6S/c1-19-18(25)20-16(23)12-28-17(24)14-11-13(29(26,27)21(2)3)7-8-15(14)22-9-5-4-6-10-22/h7-8,11H,4-6,9-10,12H2,1-3H3,(H2,19,20,23,25). The molecule has 2 rings (SSSR count). The van der Waals surface area contributed by atoms with Crippen LogP contribution in [0.3, 0.4) is 0 Å². The van der Waals surface area contributed by atoms with Crippen molar-refractivity contribution in [3.05, 3.63) is 23.8 Å². The van der Waals surface area contributed by atoms with E-state index in [1.165, 1.54) is 33.3 Å². The number of hydrogen-bond donors (Lipinski definition) is 2. The molecule has 1 fully saturated rings. The highest BCUT2D eigenvalue weighted by molar-refractivity contribution is 7.89. The van der Waals surface area contributed by atoms with Crippen LogP contribution in [0.15, 0.2) is 23.1 Å². The van der Waals surface area contributed by atoms with Crippen molar-refractivity contribution in [1.29, 1.82) is 0 Å². The predicted octanol–water partition coefficient (Wildman–Crippen LogP) is 0.540. The maximum absolute atomic E-state index is 12.7.